The molecular formula is C16H17BrN2OS. The lowest BCUT2D eigenvalue weighted by Crippen LogP contribution is -2.21. The Labute approximate surface area is 137 Å². The predicted molar refractivity (Wildman–Crippen MR) is 91.1 cm³/mol. The molecule has 0 radical (unpaired) electrons. The third-order valence-corrected chi connectivity index (χ3v) is 5.37. The number of fused-ring (bicyclic) bond motifs is 1. The number of nitrogens with one attached hydrogen (secondary N) is 1. The highest BCUT2D eigenvalue weighted by molar-refractivity contribution is 9.11. The van der Waals surface area contributed by atoms with Crippen LogP contribution in [-0.4, -0.2) is 19.5 Å². The van der Waals surface area contributed by atoms with Crippen LogP contribution in [0.5, 0.6) is 0 Å². The Hall–Kier alpha value is -1.17. The third kappa shape index (κ3) is 2.78. The van der Waals surface area contributed by atoms with Gasteiger partial charge in [0, 0.05) is 12.7 Å². The van der Waals surface area contributed by atoms with Gasteiger partial charge in [-0.2, -0.15) is 0 Å². The second-order valence-electron chi connectivity index (χ2n) is 5.19. The van der Waals surface area contributed by atoms with Crippen molar-refractivity contribution in [2.45, 2.75) is 19.4 Å². The number of hydrogen-bond donors (Lipinski definition) is 1. The molecule has 110 valence electrons. The van der Waals surface area contributed by atoms with Gasteiger partial charge in [-0.1, -0.05) is 19.1 Å². The molecule has 1 amide bonds. The molecule has 0 aliphatic carbocycles. The van der Waals surface area contributed by atoms with E-state index in [0.29, 0.717) is 6.42 Å². The first-order chi connectivity index (χ1) is 10.1. The van der Waals surface area contributed by atoms with Crippen LogP contribution in [0.1, 0.15) is 29.7 Å². The van der Waals surface area contributed by atoms with Crippen molar-refractivity contribution in [1.82, 2.24) is 5.32 Å². The van der Waals surface area contributed by atoms with Crippen molar-refractivity contribution >= 4 is 38.9 Å². The zero-order valence-corrected chi connectivity index (χ0v) is 14.4. The van der Waals surface area contributed by atoms with Gasteiger partial charge < -0.3 is 10.2 Å². The van der Waals surface area contributed by atoms with Crippen molar-refractivity contribution in [3.8, 4) is 0 Å². The standard InChI is InChI=1S/C16H17BrN2OS/c1-3-18-16(12-7-14(17)21-9-12)10-4-5-13-11(6-10)8-15(20)19(13)2/h4-7,9,16,18H,3,8H2,1-2H3. The first-order valence-electron chi connectivity index (χ1n) is 6.97. The molecule has 0 fully saturated rings. The summed E-state index contributed by atoms with van der Waals surface area (Å²) >= 11 is 5.22. The van der Waals surface area contributed by atoms with Crippen LogP contribution in [0.2, 0.25) is 0 Å². The van der Waals surface area contributed by atoms with Gasteiger partial charge in [0.2, 0.25) is 5.91 Å². The number of carbonyl (C=O) groups excluding carboxylic acids is 1. The van der Waals surface area contributed by atoms with Crippen LogP contribution in [0.4, 0.5) is 5.69 Å². The number of nitrogens with zero attached hydrogens (tertiary/aromatic N) is 1. The number of carbonyl (C=O) groups is 1. The number of thiophene rings is 1. The lowest BCUT2D eigenvalue weighted by atomic mass is 9.98. The third-order valence-electron chi connectivity index (χ3n) is 3.84. The zero-order chi connectivity index (χ0) is 15.0. The van der Waals surface area contributed by atoms with E-state index in [9.17, 15) is 4.79 Å². The van der Waals surface area contributed by atoms with Crippen molar-refractivity contribution in [3.63, 3.8) is 0 Å². The van der Waals surface area contributed by atoms with E-state index < -0.39 is 0 Å². The van der Waals surface area contributed by atoms with Crippen LogP contribution in [0, 0.1) is 0 Å². The number of amides is 1. The molecule has 1 aromatic carbocycles. The fraction of sp³-hybridized carbons (Fsp3) is 0.312. The van der Waals surface area contributed by atoms with Gasteiger partial charge in [0.15, 0.2) is 0 Å². The molecule has 0 bridgehead atoms. The van der Waals surface area contributed by atoms with Gasteiger partial charge in [0.05, 0.1) is 16.2 Å². The van der Waals surface area contributed by atoms with Crippen LogP contribution in [0.3, 0.4) is 0 Å². The Morgan fingerprint density at radius 1 is 1.38 bits per heavy atom. The topological polar surface area (TPSA) is 32.3 Å². The lowest BCUT2D eigenvalue weighted by molar-refractivity contribution is -0.117. The van der Waals surface area contributed by atoms with E-state index in [0.717, 1.165) is 21.6 Å². The molecule has 21 heavy (non-hydrogen) atoms. The largest absolute Gasteiger partial charge is 0.315 e. The summed E-state index contributed by atoms with van der Waals surface area (Å²) in [5, 5.41) is 5.70. The number of benzene rings is 1. The Kier molecular flexibility index (Phi) is 4.15. The highest BCUT2D eigenvalue weighted by atomic mass is 79.9. The Balaban J connectivity index is 1.98. The van der Waals surface area contributed by atoms with E-state index in [1.54, 1.807) is 16.2 Å². The maximum absolute atomic E-state index is 11.8. The number of anilines is 1. The quantitative estimate of drug-likeness (QED) is 0.896. The number of likely N-dealkylation sites (N-methyl/N-ethyl adjacent to an activating group) is 1. The van der Waals surface area contributed by atoms with Crippen molar-refractivity contribution in [1.29, 1.82) is 0 Å². The summed E-state index contributed by atoms with van der Waals surface area (Å²) in [4.78, 5) is 13.6. The molecule has 1 atom stereocenters. The van der Waals surface area contributed by atoms with E-state index in [2.05, 4.69) is 57.8 Å². The van der Waals surface area contributed by atoms with Gasteiger partial charge >= 0.3 is 0 Å². The smallest absolute Gasteiger partial charge is 0.231 e. The molecule has 2 aromatic rings. The van der Waals surface area contributed by atoms with Crippen LogP contribution in [-0.2, 0) is 11.2 Å². The highest BCUT2D eigenvalue weighted by Gasteiger charge is 2.25. The number of hydrogen-bond acceptors (Lipinski definition) is 3. The molecule has 1 unspecified atom stereocenters. The average Bonchev–Trinajstić information content (AvgIpc) is 3.01. The van der Waals surface area contributed by atoms with Crippen LogP contribution >= 0.6 is 27.3 Å². The van der Waals surface area contributed by atoms with Crippen LogP contribution < -0.4 is 10.2 Å². The molecule has 3 nitrogen and oxygen atoms in total. The van der Waals surface area contributed by atoms with Crippen LogP contribution in [0.15, 0.2) is 33.4 Å². The predicted octanol–water partition coefficient (Wildman–Crippen LogP) is 3.73. The van der Waals surface area contributed by atoms with Gasteiger partial charge in [-0.3, -0.25) is 4.79 Å². The van der Waals surface area contributed by atoms with Crippen molar-refractivity contribution in [3.05, 3.63) is 50.1 Å². The van der Waals surface area contributed by atoms with Crippen molar-refractivity contribution in [2.24, 2.45) is 0 Å². The van der Waals surface area contributed by atoms with Crippen molar-refractivity contribution in [2.75, 3.05) is 18.5 Å². The van der Waals surface area contributed by atoms with Crippen molar-refractivity contribution < 1.29 is 4.79 Å². The number of rotatable bonds is 4. The SMILES string of the molecule is CCNC(c1csc(Br)c1)c1ccc2c(c1)CC(=O)N2C. The second kappa shape index (κ2) is 5.91. The van der Waals surface area contributed by atoms with Gasteiger partial charge in [-0.25, -0.2) is 0 Å². The maximum Gasteiger partial charge on any atom is 0.231 e. The average molecular weight is 365 g/mol. The molecule has 0 saturated heterocycles. The monoisotopic (exact) mass is 364 g/mol. The van der Waals surface area contributed by atoms with Gasteiger partial charge in [0.25, 0.3) is 0 Å². The Bertz CT molecular complexity index is 683. The summed E-state index contributed by atoms with van der Waals surface area (Å²) in [6.07, 6.45) is 0.506. The minimum atomic E-state index is 0.167. The zero-order valence-electron chi connectivity index (χ0n) is 12.0. The second-order valence-corrected chi connectivity index (χ2v) is 7.48. The summed E-state index contributed by atoms with van der Waals surface area (Å²) in [6.45, 7) is 3.01. The van der Waals surface area contributed by atoms with Gasteiger partial charge in [-0.15, -0.1) is 11.3 Å². The van der Waals surface area contributed by atoms with Gasteiger partial charge in [0.1, 0.15) is 0 Å². The fourth-order valence-corrected chi connectivity index (χ4v) is 3.98. The van der Waals surface area contributed by atoms with Crippen LogP contribution in [0.25, 0.3) is 0 Å². The molecule has 2 heterocycles. The summed E-state index contributed by atoms with van der Waals surface area (Å²) in [6, 6.07) is 8.66. The Morgan fingerprint density at radius 2 is 2.19 bits per heavy atom. The minimum Gasteiger partial charge on any atom is -0.315 e. The molecular weight excluding hydrogens is 348 g/mol. The molecule has 1 N–H and O–H groups in total. The molecule has 1 aromatic heterocycles. The van der Waals surface area contributed by atoms with E-state index >= 15 is 0 Å². The summed E-state index contributed by atoms with van der Waals surface area (Å²) in [5.41, 5.74) is 4.62. The number of halogens is 1. The maximum atomic E-state index is 11.8. The molecule has 1 aliphatic rings. The lowest BCUT2D eigenvalue weighted by Gasteiger charge is -2.19. The molecule has 3 rings (SSSR count). The fourth-order valence-electron chi connectivity index (χ4n) is 2.78. The van der Waals surface area contributed by atoms with E-state index in [-0.39, 0.29) is 11.9 Å². The summed E-state index contributed by atoms with van der Waals surface area (Å²) in [7, 11) is 1.84. The first kappa shape index (κ1) is 14.8. The van der Waals surface area contributed by atoms with E-state index in [4.69, 9.17) is 0 Å². The molecule has 1 aliphatic heterocycles. The molecule has 0 spiro atoms. The minimum absolute atomic E-state index is 0.167. The normalized spacial score (nSPS) is 15.4. The van der Waals surface area contributed by atoms with E-state index in [1.807, 2.05) is 7.05 Å². The first-order valence-corrected chi connectivity index (χ1v) is 8.64. The van der Waals surface area contributed by atoms with Gasteiger partial charge in [-0.05, 0) is 56.7 Å². The highest BCUT2D eigenvalue weighted by Crippen LogP contribution is 2.34. The Morgan fingerprint density at radius 3 is 2.86 bits per heavy atom. The van der Waals surface area contributed by atoms with E-state index in [1.165, 1.54) is 11.1 Å². The summed E-state index contributed by atoms with van der Waals surface area (Å²) < 4.78 is 1.14. The molecule has 5 heteroatoms. The summed E-state index contributed by atoms with van der Waals surface area (Å²) in [5.74, 6) is 0.167. The molecule has 0 saturated carbocycles.